The molecule has 0 bridgehead atoms. The topological polar surface area (TPSA) is 33.1 Å². The molecule has 254 valence electrons. The van der Waals surface area contributed by atoms with E-state index in [0.717, 1.165) is 49.8 Å². The highest BCUT2D eigenvalue weighted by atomic mass is 16.3. The molecule has 2 aliphatic carbocycles. The van der Waals surface area contributed by atoms with Crippen LogP contribution in [0.5, 0.6) is 0 Å². The molecule has 0 unspecified atom stereocenters. The number of hydrogen-bond donors (Lipinski definition) is 1. The summed E-state index contributed by atoms with van der Waals surface area (Å²) in [6, 6.07) is 60.8. The smallest absolute Gasteiger partial charge is 0.167 e. The molecular weight excluding hydrogens is 667 g/mol. The minimum absolute atomic E-state index is 0.0630. The first-order valence-electron chi connectivity index (χ1n) is 18.6. The van der Waals surface area contributed by atoms with Crippen LogP contribution in [0.15, 0.2) is 199 Å². The van der Waals surface area contributed by atoms with Gasteiger partial charge in [0.1, 0.15) is 0 Å². The van der Waals surface area contributed by atoms with Crippen LogP contribution in [0, 0.1) is 0 Å². The van der Waals surface area contributed by atoms with Gasteiger partial charge in [0.15, 0.2) is 5.76 Å². The van der Waals surface area contributed by atoms with Gasteiger partial charge in [-0.05, 0) is 95.6 Å². The molecule has 1 heterocycles. The third-order valence-electron chi connectivity index (χ3n) is 11.1. The lowest BCUT2D eigenvalue weighted by Crippen LogP contribution is -1.99. The Morgan fingerprint density at radius 2 is 0.873 bits per heavy atom. The van der Waals surface area contributed by atoms with Crippen molar-refractivity contribution in [1.29, 1.82) is 0 Å². The third-order valence-corrected chi connectivity index (χ3v) is 11.1. The third kappa shape index (κ3) is 4.74. The van der Waals surface area contributed by atoms with E-state index in [2.05, 4.69) is 169 Å². The van der Waals surface area contributed by atoms with E-state index in [9.17, 15) is 5.11 Å². The van der Waals surface area contributed by atoms with E-state index in [-0.39, 0.29) is 5.76 Å². The predicted octanol–water partition coefficient (Wildman–Crippen LogP) is 14.0. The number of allylic oxidation sites excluding steroid dienone is 3. The number of pyridine rings is 1. The van der Waals surface area contributed by atoms with E-state index < -0.39 is 0 Å². The Kier molecular flexibility index (Phi) is 6.96. The van der Waals surface area contributed by atoms with Crippen LogP contribution in [-0.2, 0) is 0 Å². The Morgan fingerprint density at radius 1 is 0.364 bits per heavy atom. The number of nitrogens with zero attached hydrogens (tertiary/aromatic N) is 1. The van der Waals surface area contributed by atoms with Gasteiger partial charge in [0.2, 0.25) is 0 Å². The summed E-state index contributed by atoms with van der Waals surface area (Å²) >= 11 is 0. The van der Waals surface area contributed by atoms with E-state index >= 15 is 0 Å². The first-order valence-corrected chi connectivity index (χ1v) is 18.6. The fourth-order valence-corrected chi connectivity index (χ4v) is 8.91. The number of para-hydroxylation sites is 1. The highest BCUT2D eigenvalue weighted by Gasteiger charge is 2.32. The van der Waals surface area contributed by atoms with Crippen LogP contribution in [0.2, 0.25) is 0 Å². The molecule has 0 spiro atoms. The highest BCUT2D eigenvalue weighted by Crippen LogP contribution is 2.59. The summed E-state index contributed by atoms with van der Waals surface area (Å²) in [7, 11) is 0. The van der Waals surface area contributed by atoms with Gasteiger partial charge in [0, 0.05) is 27.6 Å². The molecule has 55 heavy (non-hydrogen) atoms. The van der Waals surface area contributed by atoms with Gasteiger partial charge in [-0.15, -0.1) is 0 Å². The van der Waals surface area contributed by atoms with Crippen molar-refractivity contribution in [3.05, 3.63) is 205 Å². The van der Waals surface area contributed by atoms with Gasteiger partial charge in [-0.25, -0.2) is 4.98 Å². The molecule has 1 aromatic heterocycles. The zero-order valence-corrected chi connectivity index (χ0v) is 29.7. The quantitative estimate of drug-likeness (QED) is 0.182. The molecule has 0 fully saturated rings. The number of aromatic nitrogens is 1. The zero-order chi connectivity index (χ0) is 36.5. The predicted molar refractivity (Wildman–Crippen MR) is 229 cm³/mol. The van der Waals surface area contributed by atoms with E-state index in [0.29, 0.717) is 0 Å². The summed E-state index contributed by atoms with van der Waals surface area (Å²) in [4.78, 5) is 5.51. The molecule has 0 amide bonds. The minimum Gasteiger partial charge on any atom is -0.501 e. The standard InChI is InChI=1S/C53H31NO/c55-37-29-27-36(28-30-37)48-42-23-12-13-26-45(42)54-53(49(48)35-19-8-3-9-20-35)41-31-32-44-50-40(41)24-14-25-43(50)51-46(33-15-4-1-5-16-33)38-21-10-11-22-39(38)47(52(44)51)34-17-6-2-7-18-34/h1-27,29,31-32,55H. The Hall–Kier alpha value is -7.47. The first-order chi connectivity index (χ1) is 27.2. The number of benzene rings is 8. The molecule has 0 aliphatic heterocycles. The average Bonchev–Trinajstić information content (AvgIpc) is 3.58. The Labute approximate surface area is 318 Å². The first kappa shape index (κ1) is 31.1. The van der Waals surface area contributed by atoms with Crippen molar-refractivity contribution in [2.45, 2.75) is 0 Å². The summed E-state index contributed by atoms with van der Waals surface area (Å²) in [6.45, 7) is 0. The van der Waals surface area contributed by atoms with Gasteiger partial charge in [0.25, 0.3) is 0 Å². The van der Waals surface area contributed by atoms with Crippen molar-refractivity contribution in [3.63, 3.8) is 0 Å². The van der Waals surface area contributed by atoms with Crippen LogP contribution in [-0.4, -0.2) is 10.1 Å². The highest BCUT2D eigenvalue weighted by molar-refractivity contribution is 6.29. The van der Waals surface area contributed by atoms with Gasteiger partial charge >= 0.3 is 0 Å². The molecule has 1 N–H and O–H groups in total. The molecule has 2 heteroatoms. The Balaban J connectivity index is 1.29. The minimum atomic E-state index is 0.0630. The Bertz CT molecular complexity index is 3110. The molecule has 11 rings (SSSR count). The molecule has 2 nitrogen and oxygen atoms in total. The van der Waals surface area contributed by atoms with Crippen molar-refractivity contribution < 1.29 is 5.11 Å². The lowest BCUT2D eigenvalue weighted by Gasteiger charge is -2.20. The summed E-state index contributed by atoms with van der Waals surface area (Å²) in [5, 5.41) is 16.1. The summed E-state index contributed by atoms with van der Waals surface area (Å²) in [6.07, 6.45) is 3.61. The SMILES string of the molecule is OC1=C=C=C(c2c(-c3ccccc3)c(-c3ccc4c5c(cccc35)-c3c-4c(-c4ccccc4)c4ccccc4c3-c3ccccc3)nc3ccccc23)C=C1. The molecule has 9 aromatic rings. The van der Waals surface area contributed by atoms with Gasteiger partial charge in [0.05, 0.1) is 11.2 Å². The Morgan fingerprint density at radius 3 is 1.47 bits per heavy atom. The lowest BCUT2D eigenvalue weighted by molar-refractivity contribution is 0.434. The summed E-state index contributed by atoms with van der Waals surface area (Å²) < 4.78 is 0. The van der Waals surface area contributed by atoms with Crippen LogP contribution in [0.1, 0.15) is 5.56 Å². The normalized spacial score (nSPS) is 12.7. The van der Waals surface area contributed by atoms with Crippen molar-refractivity contribution in [3.8, 4) is 66.9 Å². The van der Waals surface area contributed by atoms with E-state index in [4.69, 9.17) is 4.98 Å². The van der Waals surface area contributed by atoms with E-state index in [1.54, 1.807) is 6.08 Å². The van der Waals surface area contributed by atoms with Crippen LogP contribution >= 0.6 is 0 Å². The number of aliphatic hydroxyl groups excluding tert-OH is 1. The fraction of sp³-hybridized carbons (Fsp3) is 0. The van der Waals surface area contributed by atoms with Crippen molar-refractivity contribution in [2.75, 3.05) is 0 Å². The van der Waals surface area contributed by atoms with Crippen LogP contribution < -0.4 is 0 Å². The number of hydrogen-bond acceptors (Lipinski definition) is 2. The summed E-state index contributed by atoms with van der Waals surface area (Å²) in [5.74, 6) is 0.0630. The van der Waals surface area contributed by atoms with Gasteiger partial charge in [-0.3, -0.25) is 0 Å². The second-order valence-electron chi connectivity index (χ2n) is 14.1. The summed E-state index contributed by atoms with van der Waals surface area (Å²) in [5.41, 5.74) is 22.9. The molecule has 0 saturated carbocycles. The maximum Gasteiger partial charge on any atom is 0.167 e. The van der Waals surface area contributed by atoms with Gasteiger partial charge in [-0.2, -0.15) is 0 Å². The van der Waals surface area contributed by atoms with E-state index in [1.165, 1.54) is 60.7 Å². The number of fused-ring (bicyclic) bond motifs is 5. The zero-order valence-electron chi connectivity index (χ0n) is 29.7. The second kappa shape index (κ2) is 12.3. The van der Waals surface area contributed by atoms with Gasteiger partial charge < -0.3 is 5.11 Å². The van der Waals surface area contributed by atoms with Crippen LogP contribution in [0.3, 0.4) is 0 Å². The van der Waals surface area contributed by atoms with Crippen molar-refractivity contribution in [2.24, 2.45) is 0 Å². The van der Waals surface area contributed by atoms with Crippen LogP contribution in [0.4, 0.5) is 0 Å². The van der Waals surface area contributed by atoms with Gasteiger partial charge in [-0.1, -0.05) is 170 Å². The number of aliphatic hydroxyl groups is 1. The van der Waals surface area contributed by atoms with Crippen molar-refractivity contribution in [1.82, 2.24) is 4.98 Å². The molecule has 8 aromatic carbocycles. The molecule has 2 aliphatic rings. The average molecular weight is 698 g/mol. The van der Waals surface area contributed by atoms with E-state index in [1.807, 2.05) is 18.2 Å². The maximum absolute atomic E-state index is 10.2. The molecule has 0 atom stereocenters. The lowest BCUT2D eigenvalue weighted by atomic mass is 9.82. The monoisotopic (exact) mass is 697 g/mol. The van der Waals surface area contributed by atoms with Crippen molar-refractivity contribution >= 4 is 38.0 Å². The van der Waals surface area contributed by atoms with Crippen LogP contribution in [0.25, 0.3) is 105 Å². The largest absolute Gasteiger partial charge is 0.501 e. The molecular formula is C53H31NO. The molecule has 0 saturated heterocycles. The number of rotatable bonds is 5. The fourth-order valence-electron chi connectivity index (χ4n) is 8.91. The maximum atomic E-state index is 10.2. The second-order valence-corrected chi connectivity index (χ2v) is 14.1. The molecule has 0 radical (unpaired) electrons.